The number of fused-ring (bicyclic) bond motifs is 1. The lowest BCUT2D eigenvalue weighted by Crippen LogP contribution is -2.24. The number of aliphatic hydroxyl groups is 1. The van der Waals surface area contributed by atoms with Crippen molar-refractivity contribution in [3.63, 3.8) is 0 Å². The molecule has 0 spiro atoms. The van der Waals surface area contributed by atoms with Crippen LogP contribution in [-0.2, 0) is 27.5 Å². The van der Waals surface area contributed by atoms with Crippen LogP contribution in [0.4, 0.5) is 0 Å². The van der Waals surface area contributed by atoms with E-state index in [-0.39, 0.29) is 24.2 Å². The molecule has 0 bridgehead atoms. The molecule has 5 rings (SSSR count). The summed E-state index contributed by atoms with van der Waals surface area (Å²) in [6.45, 7) is 0.346. The lowest BCUT2D eigenvalue weighted by atomic mass is 9.96. The molecule has 2 aromatic carbocycles. The fourth-order valence-electron chi connectivity index (χ4n) is 4.96. The zero-order valence-corrected chi connectivity index (χ0v) is 20.8. The Morgan fingerprint density at radius 3 is 2.76 bits per heavy atom. The van der Waals surface area contributed by atoms with E-state index in [9.17, 15) is 18.3 Å². The van der Waals surface area contributed by atoms with Crippen molar-refractivity contribution in [2.45, 2.75) is 31.9 Å². The molecule has 4 aromatic rings. The van der Waals surface area contributed by atoms with Gasteiger partial charge in [-0.25, -0.2) is 15.1 Å². The lowest BCUT2D eigenvalue weighted by Gasteiger charge is -2.13. The fraction of sp³-hybridized carbons (Fsp3) is 0.308. The lowest BCUT2D eigenvalue weighted by molar-refractivity contribution is 0.100. The van der Waals surface area contributed by atoms with E-state index >= 15 is 0 Å². The SMILES string of the molecule is NS(=O)(=O)OC[C@H]1C[C@@H](Cc2ncncc2C(=O)c2ccn(Cc3ccc4ccccc4c3)n2)C[C@@H]1O. The van der Waals surface area contributed by atoms with Crippen LogP contribution in [-0.4, -0.2) is 51.8 Å². The van der Waals surface area contributed by atoms with Gasteiger partial charge >= 0.3 is 10.3 Å². The molecule has 10 nitrogen and oxygen atoms in total. The Hall–Kier alpha value is -3.51. The molecule has 2 aromatic heterocycles. The van der Waals surface area contributed by atoms with Crippen molar-refractivity contribution in [2.75, 3.05) is 6.61 Å². The average molecular weight is 522 g/mol. The van der Waals surface area contributed by atoms with Gasteiger partial charge in [0.15, 0.2) is 0 Å². The summed E-state index contributed by atoms with van der Waals surface area (Å²) in [7, 11) is -4.07. The monoisotopic (exact) mass is 521 g/mol. The van der Waals surface area contributed by atoms with Crippen molar-refractivity contribution in [3.8, 4) is 0 Å². The van der Waals surface area contributed by atoms with Gasteiger partial charge in [-0.05, 0) is 53.6 Å². The van der Waals surface area contributed by atoms with Crippen LogP contribution >= 0.6 is 0 Å². The fourth-order valence-corrected chi connectivity index (χ4v) is 5.32. The third-order valence-corrected chi connectivity index (χ3v) is 7.22. The quantitative estimate of drug-likeness (QED) is 0.318. The highest BCUT2D eigenvalue weighted by Gasteiger charge is 2.35. The van der Waals surface area contributed by atoms with Crippen molar-refractivity contribution < 1.29 is 22.5 Å². The number of rotatable bonds is 9. The van der Waals surface area contributed by atoms with Crippen LogP contribution in [0.5, 0.6) is 0 Å². The zero-order chi connectivity index (χ0) is 26.0. The summed E-state index contributed by atoms with van der Waals surface area (Å²) in [5.41, 5.74) is 2.29. The number of benzene rings is 2. The minimum Gasteiger partial charge on any atom is -0.393 e. The van der Waals surface area contributed by atoms with Crippen LogP contribution in [0.2, 0.25) is 0 Å². The number of hydrogen-bond acceptors (Lipinski definition) is 8. The molecule has 1 aliphatic rings. The summed E-state index contributed by atoms with van der Waals surface area (Å²) >= 11 is 0. The summed E-state index contributed by atoms with van der Waals surface area (Å²) < 4.78 is 28.6. The summed E-state index contributed by atoms with van der Waals surface area (Å²) in [5, 5.41) is 22.0. The predicted octanol–water partition coefficient (Wildman–Crippen LogP) is 2.26. The highest BCUT2D eigenvalue weighted by molar-refractivity contribution is 7.84. The largest absolute Gasteiger partial charge is 0.393 e. The smallest absolute Gasteiger partial charge is 0.333 e. The molecule has 1 aliphatic carbocycles. The van der Waals surface area contributed by atoms with Gasteiger partial charge in [0.1, 0.15) is 12.0 Å². The Balaban J connectivity index is 1.27. The molecule has 0 aliphatic heterocycles. The Labute approximate surface area is 214 Å². The van der Waals surface area contributed by atoms with Crippen molar-refractivity contribution in [1.29, 1.82) is 0 Å². The number of hydrogen-bond donors (Lipinski definition) is 2. The van der Waals surface area contributed by atoms with E-state index in [1.807, 2.05) is 18.2 Å². The second kappa shape index (κ2) is 10.5. The molecule has 0 amide bonds. The van der Waals surface area contributed by atoms with Gasteiger partial charge in [-0.2, -0.15) is 13.5 Å². The first kappa shape index (κ1) is 25.2. The topological polar surface area (TPSA) is 150 Å². The van der Waals surface area contributed by atoms with E-state index in [2.05, 4.69) is 43.5 Å². The number of aliphatic hydroxyl groups excluding tert-OH is 1. The van der Waals surface area contributed by atoms with E-state index in [0.717, 1.165) is 16.3 Å². The molecule has 0 radical (unpaired) electrons. The van der Waals surface area contributed by atoms with Crippen molar-refractivity contribution in [2.24, 2.45) is 17.0 Å². The van der Waals surface area contributed by atoms with Crippen LogP contribution in [0.1, 0.15) is 40.2 Å². The van der Waals surface area contributed by atoms with E-state index in [1.165, 1.54) is 12.5 Å². The van der Waals surface area contributed by atoms with E-state index < -0.39 is 16.4 Å². The third-order valence-electron chi connectivity index (χ3n) is 6.75. The van der Waals surface area contributed by atoms with Crippen LogP contribution in [0.25, 0.3) is 10.8 Å². The molecule has 3 N–H and O–H groups in total. The third kappa shape index (κ3) is 6.08. The minimum atomic E-state index is -4.07. The molecule has 11 heteroatoms. The summed E-state index contributed by atoms with van der Waals surface area (Å²) in [4.78, 5) is 21.7. The average Bonchev–Trinajstić information content (AvgIpc) is 3.48. The standard InChI is InChI=1S/C26H27N5O5S/c27-37(34,35)36-15-21-10-18(12-25(21)32)11-24-22(13-28-16-29-24)26(33)23-7-8-31(30-23)14-17-5-6-19-3-1-2-4-20(19)9-17/h1-9,13,16,18,21,25,32H,10-12,14-15H2,(H2,27,34,35)/t18-,21+,25-/m0/s1. The van der Waals surface area contributed by atoms with Gasteiger partial charge in [0.2, 0.25) is 5.78 Å². The number of carbonyl (C=O) groups is 1. The maximum atomic E-state index is 13.3. The van der Waals surface area contributed by atoms with Gasteiger partial charge in [0.05, 0.1) is 30.5 Å². The summed E-state index contributed by atoms with van der Waals surface area (Å²) in [6.07, 6.45) is 5.32. The molecule has 2 heterocycles. The second-order valence-corrected chi connectivity index (χ2v) is 10.7. The summed E-state index contributed by atoms with van der Waals surface area (Å²) in [6, 6.07) is 16.0. The van der Waals surface area contributed by atoms with Crippen molar-refractivity contribution >= 4 is 26.9 Å². The maximum absolute atomic E-state index is 13.3. The Kier molecular flexibility index (Phi) is 7.11. The first-order valence-electron chi connectivity index (χ1n) is 11.9. The normalized spacial score (nSPS) is 19.9. The number of aromatic nitrogens is 4. The van der Waals surface area contributed by atoms with Crippen LogP contribution in [0.15, 0.2) is 67.3 Å². The maximum Gasteiger partial charge on any atom is 0.333 e. The van der Waals surface area contributed by atoms with E-state index in [1.54, 1.807) is 16.9 Å². The Bertz CT molecular complexity index is 1540. The van der Waals surface area contributed by atoms with Gasteiger partial charge in [-0.15, -0.1) is 0 Å². The van der Waals surface area contributed by atoms with E-state index in [4.69, 9.17) is 5.14 Å². The molecule has 1 saturated carbocycles. The number of nitrogens with two attached hydrogens (primary N) is 1. The molecule has 3 atom stereocenters. The summed E-state index contributed by atoms with van der Waals surface area (Å²) in [5.74, 6) is -0.647. The molecular weight excluding hydrogens is 494 g/mol. The second-order valence-electron chi connectivity index (χ2n) is 9.44. The Morgan fingerprint density at radius 1 is 1.14 bits per heavy atom. The number of carbonyl (C=O) groups excluding carboxylic acids is 1. The first-order valence-corrected chi connectivity index (χ1v) is 13.4. The number of ketones is 1. The zero-order valence-electron chi connectivity index (χ0n) is 20.0. The van der Waals surface area contributed by atoms with Crippen molar-refractivity contribution in [3.05, 3.63) is 89.8 Å². The van der Waals surface area contributed by atoms with Gasteiger partial charge in [0, 0.05) is 18.3 Å². The minimum absolute atomic E-state index is 0.00371. The highest BCUT2D eigenvalue weighted by Crippen LogP contribution is 2.34. The van der Waals surface area contributed by atoms with Crippen molar-refractivity contribution in [1.82, 2.24) is 19.7 Å². The molecule has 0 unspecified atom stereocenters. The van der Waals surface area contributed by atoms with Gasteiger partial charge in [-0.3, -0.25) is 13.7 Å². The predicted molar refractivity (Wildman–Crippen MR) is 136 cm³/mol. The van der Waals surface area contributed by atoms with Crippen LogP contribution in [0.3, 0.4) is 0 Å². The highest BCUT2D eigenvalue weighted by atomic mass is 32.2. The van der Waals surface area contributed by atoms with Gasteiger partial charge < -0.3 is 5.11 Å². The molecule has 192 valence electrons. The molecular formula is C26H27N5O5S. The molecule has 0 saturated heterocycles. The van der Waals surface area contributed by atoms with Gasteiger partial charge in [-0.1, -0.05) is 36.4 Å². The Morgan fingerprint density at radius 2 is 1.95 bits per heavy atom. The molecule has 37 heavy (non-hydrogen) atoms. The van der Waals surface area contributed by atoms with E-state index in [0.29, 0.717) is 42.8 Å². The number of nitrogens with zero attached hydrogens (tertiary/aromatic N) is 4. The first-order chi connectivity index (χ1) is 17.7. The molecule has 1 fully saturated rings. The van der Waals surface area contributed by atoms with Crippen LogP contribution < -0.4 is 5.14 Å². The van der Waals surface area contributed by atoms with Gasteiger partial charge in [0.25, 0.3) is 0 Å². The van der Waals surface area contributed by atoms with Crippen LogP contribution in [0, 0.1) is 11.8 Å².